The Bertz CT molecular complexity index is 904. The second-order valence-corrected chi connectivity index (χ2v) is 4.81. The Hall–Kier alpha value is -3.72. The highest BCUT2D eigenvalue weighted by atomic mass is 16.5. The van der Waals surface area contributed by atoms with Gasteiger partial charge >= 0.3 is 6.01 Å². The van der Waals surface area contributed by atoms with Crippen LogP contribution in [-0.2, 0) is 0 Å². The van der Waals surface area contributed by atoms with Crippen molar-refractivity contribution < 1.29 is 9.53 Å². The van der Waals surface area contributed by atoms with E-state index in [9.17, 15) is 4.79 Å². The van der Waals surface area contributed by atoms with Crippen molar-refractivity contribution in [1.29, 1.82) is 5.26 Å². The lowest BCUT2D eigenvalue weighted by atomic mass is 10.1. The van der Waals surface area contributed by atoms with Crippen LogP contribution in [0.5, 0.6) is 11.8 Å². The number of ether oxygens (including phenoxy) is 1. The normalized spacial score (nSPS) is 9.79. The molecular formula is C18H12N4O2. The van der Waals surface area contributed by atoms with E-state index in [1.54, 1.807) is 60.9 Å². The summed E-state index contributed by atoms with van der Waals surface area (Å²) in [4.78, 5) is 20.2. The first-order chi connectivity index (χ1) is 11.7. The Morgan fingerprint density at radius 2 is 1.83 bits per heavy atom. The van der Waals surface area contributed by atoms with Crippen molar-refractivity contribution in [3.8, 4) is 17.8 Å². The summed E-state index contributed by atoms with van der Waals surface area (Å²) >= 11 is 0. The number of benzene rings is 2. The van der Waals surface area contributed by atoms with E-state index < -0.39 is 0 Å². The predicted molar refractivity (Wildman–Crippen MR) is 87.7 cm³/mol. The van der Waals surface area contributed by atoms with Crippen LogP contribution in [-0.4, -0.2) is 15.9 Å². The standard InChI is InChI=1S/C18H12N4O2/c19-12-13-4-1-5-14(10-13)17(23)22-15-6-2-7-16(11-15)24-18-20-8-3-9-21-18/h1-11H,(H,22,23). The number of aromatic nitrogens is 2. The Morgan fingerprint density at radius 1 is 1.04 bits per heavy atom. The molecular weight excluding hydrogens is 304 g/mol. The maximum absolute atomic E-state index is 12.3. The number of carbonyl (C=O) groups excluding carboxylic acids is 1. The number of amides is 1. The molecule has 0 aliphatic carbocycles. The monoisotopic (exact) mass is 316 g/mol. The second-order valence-electron chi connectivity index (χ2n) is 4.81. The molecule has 1 N–H and O–H groups in total. The summed E-state index contributed by atoms with van der Waals surface area (Å²) in [6.07, 6.45) is 3.16. The van der Waals surface area contributed by atoms with Gasteiger partial charge in [-0.15, -0.1) is 0 Å². The molecule has 0 fully saturated rings. The lowest BCUT2D eigenvalue weighted by Crippen LogP contribution is -2.11. The molecule has 1 amide bonds. The summed E-state index contributed by atoms with van der Waals surface area (Å²) in [6.45, 7) is 0. The van der Waals surface area contributed by atoms with Crippen LogP contribution in [0.3, 0.4) is 0 Å². The molecule has 0 unspecified atom stereocenters. The Labute approximate surface area is 138 Å². The highest BCUT2D eigenvalue weighted by Gasteiger charge is 2.08. The van der Waals surface area contributed by atoms with E-state index in [0.717, 1.165) is 0 Å². The average molecular weight is 316 g/mol. The van der Waals surface area contributed by atoms with E-state index in [-0.39, 0.29) is 11.9 Å². The number of nitrogens with one attached hydrogen (secondary N) is 1. The van der Waals surface area contributed by atoms with Gasteiger partial charge in [-0.05, 0) is 36.4 Å². The summed E-state index contributed by atoms with van der Waals surface area (Å²) < 4.78 is 5.53. The fraction of sp³-hybridized carbons (Fsp3) is 0. The van der Waals surface area contributed by atoms with Gasteiger partial charge in [-0.3, -0.25) is 4.79 Å². The first kappa shape index (κ1) is 15.2. The third-order valence-corrected chi connectivity index (χ3v) is 3.10. The molecule has 6 nitrogen and oxygen atoms in total. The Kier molecular flexibility index (Phi) is 4.45. The third-order valence-electron chi connectivity index (χ3n) is 3.10. The van der Waals surface area contributed by atoms with Gasteiger partial charge in [0.1, 0.15) is 5.75 Å². The summed E-state index contributed by atoms with van der Waals surface area (Å²) in [7, 11) is 0. The minimum absolute atomic E-state index is 0.225. The lowest BCUT2D eigenvalue weighted by Gasteiger charge is -2.08. The summed E-state index contributed by atoms with van der Waals surface area (Å²) in [5.74, 6) is 0.199. The second kappa shape index (κ2) is 7.03. The molecule has 1 aromatic heterocycles. The number of rotatable bonds is 4. The van der Waals surface area contributed by atoms with Crippen molar-refractivity contribution in [2.75, 3.05) is 5.32 Å². The molecule has 2 aromatic carbocycles. The molecule has 0 spiro atoms. The fourth-order valence-corrected chi connectivity index (χ4v) is 2.01. The Morgan fingerprint density at radius 3 is 2.62 bits per heavy atom. The van der Waals surface area contributed by atoms with E-state index >= 15 is 0 Å². The molecule has 0 atom stereocenters. The van der Waals surface area contributed by atoms with Crippen molar-refractivity contribution in [2.45, 2.75) is 0 Å². The van der Waals surface area contributed by atoms with Crippen LogP contribution >= 0.6 is 0 Å². The first-order valence-corrected chi connectivity index (χ1v) is 7.11. The summed E-state index contributed by atoms with van der Waals surface area (Å²) in [5, 5.41) is 11.7. The molecule has 24 heavy (non-hydrogen) atoms. The lowest BCUT2D eigenvalue weighted by molar-refractivity contribution is 0.102. The van der Waals surface area contributed by atoms with Gasteiger partial charge < -0.3 is 10.1 Å². The van der Waals surface area contributed by atoms with Gasteiger partial charge in [0.05, 0.1) is 11.6 Å². The maximum Gasteiger partial charge on any atom is 0.321 e. The molecule has 0 bridgehead atoms. The van der Waals surface area contributed by atoms with Gasteiger partial charge in [-0.1, -0.05) is 12.1 Å². The molecule has 0 saturated heterocycles. The first-order valence-electron chi connectivity index (χ1n) is 7.11. The van der Waals surface area contributed by atoms with Gasteiger partial charge in [0, 0.05) is 29.7 Å². The highest BCUT2D eigenvalue weighted by Crippen LogP contribution is 2.21. The number of anilines is 1. The number of nitriles is 1. The molecule has 0 saturated carbocycles. The highest BCUT2D eigenvalue weighted by molar-refractivity contribution is 6.04. The quantitative estimate of drug-likeness (QED) is 0.797. The van der Waals surface area contributed by atoms with Crippen LogP contribution in [0.15, 0.2) is 67.0 Å². The topological polar surface area (TPSA) is 87.9 Å². The molecule has 0 aliphatic heterocycles. The molecule has 3 aromatic rings. The average Bonchev–Trinajstić information content (AvgIpc) is 2.63. The van der Waals surface area contributed by atoms with E-state index in [0.29, 0.717) is 22.6 Å². The minimum atomic E-state index is -0.305. The zero-order valence-electron chi connectivity index (χ0n) is 12.5. The zero-order valence-corrected chi connectivity index (χ0v) is 12.5. The maximum atomic E-state index is 12.3. The van der Waals surface area contributed by atoms with Gasteiger partial charge in [-0.25, -0.2) is 9.97 Å². The number of hydrogen-bond donors (Lipinski definition) is 1. The van der Waals surface area contributed by atoms with Crippen LogP contribution in [0.2, 0.25) is 0 Å². The van der Waals surface area contributed by atoms with Crippen molar-refractivity contribution in [3.63, 3.8) is 0 Å². The number of nitrogens with zero attached hydrogens (tertiary/aromatic N) is 3. The molecule has 0 radical (unpaired) electrons. The van der Waals surface area contributed by atoms with E-state index in [1.165, 1.54) is 6.07 Å². The SMILES string of the molecule is N#Cc1cccc(C(=O)Nc2cccc(Oc3ncccn3)c2)c1. The largest absolute Gasteiger partial charge is 0.424 e. The smallest absolute Gasteiger partial charge is 0.321 e. The van der Waals surface area contributed by atoms with Crippen molar-refractivity contribution in [1.82, 2.24) is 9.97 Å². The van der Waals surface area contributed by atoms with E-state index in [1.807, 2.05) is 6.07 Å². The summed E-state index contributed by atoms with van der Waals surface area (Å²) in [6, 6.07) is 17.3. The van der Waals surface area contributed by atoms with E-state index in [4.69, 9.17) is 10.00 Å². The third kappa shape index (κ3) is 3.72. The minimum Gasteiger partial charge on any atom is -0.424 e. The number of hydrogen-bond acceptors (Lipinski definition) is 5. The van der Waals surface area contributed by atoms with Crippen molar-refractivity contribution >= 4 is 11.6 Å². The van der Waals surface area contributed by atoms with Crippen LogP contribution < -0.4 is 10.1 Å². The van der Waals surface area contributed by atoms with Crippen LogP contribution in [0.25, 0.3) is 0 Å². The van der Waals surface area contributed by atoms with Gasteiger partial charge in [0.25, 0.3) is 5.91 Å². The Balaban J connectivity index is 1.74. The molecule has 6 heteroatoms. The zero-order chi connectivity index (χ0) is 16.8. The van der Waals surface area contributed by atoms with Crippen LogP contribution in [0, 0.1) is 11.3 Å². The van der Waals surface area contributed by atoms with Gasteiger partial charge in [0.15, 0.2) is 0 Å². The van der Waals surface area contributed by atoms with Gasteiger partial charge in [0.2, 0.25) is 0 Å². The molecule has 116 valence electrons. The molecule has 3 rings (SSSR count). The predicted octanol–water partition coefficient (Wildman–Crippen LogP) is 3.39. The van der Waals surface area contributed by atoms with Crippen molar-refractivity contribution in [3.05, 3.63) is 78.1 Å². The van der Waals surface area contributed by atoms with Gasteiger partial charge in [-0.2, -0.15) is 5.26 Å². The summed E-state index contributed by atoms with van der Waals surface area (Å²) in [5.41, 5.74) is 1.41. The van der Waals surface area contributed by atoms with Crippen LogP contribution in [0.1, 0.15) is 15.9 Å². The molecule has 0 aliphatic rings. The number of carbonyl (C=O) groups is 1. The van der Waals surface area contributed by atoms with Crippen LogP contribution in [0.4, 0.5) is 5.69 Å². The molecule has 1 heterocycles. The van der Waals surface area contributed by atoms with Crippen molar-refractivity contribution in [2.24, 2.45) is 0 Å². The van der Waals surface area contributed by atoms with E-state index in [2.05, 4.69) is 15.3 Å². The fourth-order valence-electron chi connectivity index (χ4n) is 2.01.